The van der Waals surface area contributed by atoms with E-state index in [1.807, 2.05) is 24.4 Å². The molecular weight excluding hydrogens is 833 g/mol. The average molecular weight is 892 g/mol. The summed E-state index contributed by atoms with van der Waals surface area (Å²) in [5.74, 6) is 1.77. The third-order valence-corrected chi connectivity index (χ3v) is 15.6. The van der Waals surface area contributed by atoms with E-state index in [2.05, 4.69) is 41.5 Å². The average Bonchev–Trinajstić information content (AvgIpc) is 3.96. The number of hydrogen-bond acceptors (Lipinski definition) is 11. The van der Waals surface area contributed by atoms with Gasteiger partial charge in [0.2, 0.25) is 17.8 Å². The molecule has 0 spiro atoms. The summed E-state index contributed by atoms with van der Waals surface area (Å²) in [5.41, 5.74) is 1.67. The molecule has 2 aliphatic carbocycles. The van der Waals surface area contributed by atoms with E-state index >= 15 is 0 Å². The van der Waals surface area contributed by atoms with Gasteiger partial charge in [0.25, 0.3) is 17.9 Å². The van der Waals surface area contributed by atoms with E-state index in [9.17, 15) is 33.1 Å². The smallest absolute Gasteiger partial charge is 0.269 e. The van der Waals surface area contributed by atoms with Gasteiger partial charge < -0.3 is 25.1 Å². The molecule has 344 valence electrons. The van der Waals surface area contributed by atoms with Crippen LogP contribution < -0.4 is 16.2 Å². The first-order chi connectivity index (χ1) is 31.5. The molecule has 6 aliphatic rings. The maximum Gasteiger partial charge on any atom is 0.269 e. The second-order valence-corrected chi connectivity index (χ2v) is 19.7. The molecule has 5 fully saturated rings. The molecule has 3 amide bonds. The largest absolute Gasteiger partial charge is 0.385 e. The van der Waals surface area contributed by atoms with E-state index in [-0.39, 0.29) is 30.2 Å². The lowest BCUT2D eigenvalue weighted by Gasteiger charge is -2.41. The van der Waals surface area contributed by atoms with Crippen molar-refractivity contribution in [2.45, 2.75) is 126 Å². The van der Waals surface area contributed by atoms with Crippen LogP contribution >= 0.6 is 0 Å². The van der Waals surface area contributed by atoms with Crippen LogP contribution in [0, 0.1) is 11.8 Å². The van der Waals surface area contributed by atoms with Crippen LogP contribution in [0.15, 0.2) is 53.6 Å². The molecule has 10 rings (SSSR count). The molecule has 7 heterocycles. The van der Waals surface area contributed by atoms with Gasteiger partial charge in [-0.05, 0) is 136 Å². The lowest BCUT2D eigenvalue weighted by molar-refractivity contribution is -0.136. The molecule has 3 aromatic heterocycles. The summed E-state index contributed by atoms with van der Waals surface area (Å²) < 4.78 is 29.0. The number of nitrogens with zero attached hydrogens (tertiary/aromatic N) is 7. The number of halogens is 2. The minimum Gasteiger partial charge on any atom is -0.385 e. The molecule has 2 saturated carbocycles. The summed E-state index contributed by atoms with van der Waals surface area (Å²) in [4.78, 5) is 70.9. The molecule has 0 bridgehead atoms. The van der Waals surface area contributed by atoms with Crippen LogP contribution in [0.25, 0.3) is 11.0 Å². The number of benzene rings is 1. The normalized spacial score (nSPS) is 24.8. The third-order valence-electron chi connectivity index (χ3n) is 15.6. The molecule has 3 N–H and O–H groups in total. The highest BCUT2D eigenvalue weighted by Crippen LogP contribution is 2.39. The lowest BCUT2D eigenvalue weighted by Crippen LogP contribution is -2.52. The van der Waals surface area contributed by atoms with Gasteiger partial charge in [0.15, 0.2) is 0 Å². The first-order valence-corrected chi connectivity index (χ1v) is 23.9. The Labute approximate surface area is 377 Å². The number of aromatic nitrogens is 4. The predicted octanol–water partition coefficient (Wildman–Crippen LogP) is 6.71. The summed E-state index contributed by atoms with van der Waals surface area (Å²) >= 11 is 0. The Morgan fingerprint density at radius 3 is 2.18 bits per heavy atom. The summed E-state index contributed by atoms with van der Waals surface area (Å²) in [6, 6.07) is 10.1. The van der Waals surface area contributed by atoms with Gasteiger partial charge >= 0.3 is 0 Å². The molecule has 1 aromatic carbocycles. The predicted molar refractivity (Wildman–Crippen MR) is 240 cm³/mol. The van der Waals surface area contributed by atoms with Gasteiger partial charge in [-0.3, -0.25) is 29.1 Å². The second kappa shape index (κ2) is 18.2. The van der Waals surface area contributed by atoms with Gasteiger partial charge in [0.05, 0.1) is 11.2 Å². The van der Waals surface area contributed by atoms with Crippen molar-refractivity contribution < 1.29 is 28.3 Å². The number of alkyl halides is 2. The number of imide groups is 1. The zero-order chi connectivity index (χ0) is 44.8. The number of carbonyl (C=O) groups is 3. The van der Waals surface area contributed by atoms with Gasteiger partial charge in [-0.1, -0.05) is 31.0 Å². The van der Waals surface area contributed by atoms with Crippen molar-refractivity contribution in [1.82, 2.24) is 39.5 Å². The highest BCUT2D eigenvalue weighted by molar-refractivity contribution is 6.05. The van der Waals surface area contributed by atoms with Gasteiger partial charge in [-0.25, -0.2) is 18.7 Å². The van der Waals surface area contributed by atoms with Crippen molar-refractivity contribution in [3.63, 3.8) is 0 Å². The monoisotopic (exact) mass is 891 g/mol. The SMILES string of the molecule is O=C1CCC(N2Cc3cc(C4(O)CCN(CC5CCC(CN6CCC(c7ccc(Nc8ncc9cc(C(F)F)c(=O)n(C%10CCCC%10)c9n8)nc7)CC6)CC5)CC4)ccc3C2=O)C(=O)N1. The molecule has 1 unspecified atom stereocenters. The number of hydrogen-bond donors (Lipinski definition) is 3. The molecular formula is C49H59F2N9O5. The van der Waals surface area contributed by atoms with Crippen LogP contribution in [0.1, 0.15) is 141 Å². The fourth-order valence-corrected chi connectivity index (χ4v) is 11.7. The number of fused-ring (bicyclic) bond motifs is 2. The number of anilines is 2. The Hall–Kier alpha value is -5.19. The summed E-state index contributed by atoms with van der Waals surface area (Å²) in [5, 5.41) is 17.7. The maximum atomic E-state index is 13.8. The fourth-order valence-electron chi connectivity index (χ4n) is 11.7. The molecule has 14 nitrogen and oxygen atoms in total. The Morgan fingerprint density at radius 2 is 1.52 bits per heavy atom. The van der Waals surface area contributed by atoms with Crippen molar-refractivity contribution in [2.24, 2.45) is 11.8 Å². The number of pyridine rings is 2. The topological polar surface area (TPSA) is 166 Å². The Bertz CT molecular complexity index is 2490. The van der Waals surface area contributed by atoms with E-state index in [4.69, 9.17) is 0 Å². The van der Waals surface area contributed by atoms with Gasteiger partial charge in [0, 0.05) is 68.5 Å². The lowest BCUT2D eigenvalue weighted by atomic mass is 9.80. The Morgan fingerprint density at radius 1 is 0.815 bits per heavy atom. The standard InChI is InChI=1S/C49H59F2N9O5/c50-43(51)39-24-34-26-53-48(56-44(34)60(47(39)64)37-3-1-2-4-37)54-41-13-9-33(25-52-41)32-15-19-57(20-16-32)27-30-5-7-31(8-6-30)28-58-21-17-49(65,18-22-58)36-10-11-38-35(23-36)29-59(46(38)63)40-12-14-42(61)55-45(40)62/h9-11,13,23-26,30-32,37,40,43,65H,1-8,12,14-22,27-29H2,(H,55,61,62)(H,52,53,54,56). The molecule has 65 heavy (non-hydrogen) atoms. The minimum atomic E-state index is -2.86. The first kappa shape index (κ1) is 43.7. The fraction of sp³-hybridized carbons (Fsp3) is 0.571. The van der Waals surface area contributed by atoms with E-state index in [0.29, 0.717) is 60.1 Å². The summed E-state index contributed by atoms with van der Waals surface area (Å²) in [6.45, 7) is 6.33. The molecule has 4 aliphatic heterocycles. The van der Waals surface area contributed by atoms with E-state index < -0.39 is 35.1 Å². The highest BCUT2D eigenvalue weighted by atomic mass is 19.3. The molecule has 16 heteroatoms. The van der Waals surface area contributed by atoms with Crippen molar-refractivity contribution in [3.8, 4) is 0 Å². The quantitative estimate of drug-likeness (QED) is 0.137. The Balaban J connectivity index is 0.658. The van der Waals surface area contributed by atoms with Gasteiger partial charge in [0.1, 0.15) is 17.5 Å². The number of rotatable bonds is 11. The van der Waals surface area contributed by atoms with E-state index in [0.717, 1.165) is 94.8 Å². The minimum absolute atomic E-state index is 0.152. The third kappa shape index (κ3) is 9.05. The van der Waals surface area contributed by atoms with Crippen LogP contribution in [0.4, 0.5) is 20.5 Å². The van der Waals surface area contributed by atoms with Gasteiger partial charge in [-0.2, -0.15) is 4.98 Å². The van der Waals surface area contributed by atoms with Crippen molar-refractivity contribution in [3.05, 3.63) is 87.0 Å². The number of piperidine rings is 3. The van der Waals surface area contributed by atoms with Crippen LogP contribution in [-0.2, 0) is 21.7 Å². The van der Waals surface area contributed by atoms with Crippen LogP contribution in [0.3, 0.4) is 0 Å². The van der Waals surface area contributed by atoms with E-state index in [1.54, 1.807) is 11.0 Å². The summed E-state index contributed by atoms with van der Waals surface area (Å²) in [7, 11) is 0. The Kier molecular flexibility index (Phi) is 12.3. The number of carbonyl (C=O) groups excluding carboxylic acids is 3. The zero-order valence-corrected chi connectivity index (χ0v) is 36.9. The summed E-state index contributed by atoms with van der Waals surface area (Å²) in [6.07, 6.45) is 13.0. The highest BCUT2D eigenvalue weighted by Gasteiger charge is 2.41. The molecule has 0 radical (unpaired) electrons. The molecule has 1 atom stereocenters. The van der Waals surface area contributed by atoms with Crippen molar-refractivity contribution in [2.75, 3.05) is 44.6 Å². The van der Waals surface area contributed by atoms with Gasteiger partial charge in [-0.15, -0.1) is 0 Å². The van der Waals surface area contributed by atoms with Crippen LogP contribution in [-0.4, -0.2) is 102 Å². The molecule has 4 aromatic rings. The van der Waals surface area contributed by atoms with Crippen LogP contribution in [0.2, 0.25) is 0 Å². The number of aliphatic hydroxyl groups is 1. The van der Waals surface area contributed by atoms with Crippen LogP contribution in [0.5, 0.6) is 0 Å². The number of nitrogens with one attached hydrogen (secondary N) is 2. The van der Waals surface area contributed by atoms with Crippen molar-refractivity contribution in [1.29, 1.82) is 0 Å². The second-order valence-electron chi connectivity index (χ2n) is 19.7. The van der Waals surface area contributed by atoms with Crippen molar-refractivity contribution >= 4 is 40.5 Å². The maximum absolute atomic E-state index is 13.8. The van der Waals surface area contributed by atoms with E-state index in [1.165, 1.54) is 48.1 Å². The number of amides is 3. The molecule has 3 saturated heterocycles. The zero-order valence-electron chi connectivity index (χ0n) is 36.9. The number of likely N-dealkylation sites (tertiary alicyclic amines) is 2. The first-order valence-electron chi connectivity index (χ1n) is 23.9.